The molecule has 0 aromatic carbocycles. The fraction of sp³-hybridized carbons (Fsp3) is 0.769. The minimum atomic E-state index is -0.270. The quantitative estimate of drug-likeness (QED) is 0.787. The largest absolute Gasteiger partial charge is 0.508 e. The predicted molar refractivity (Wildman–Crippen MR) is 66.1 cm³/mol. The number of hydrogen-bond acceptors (Lipinski definition) is 3. The Balaban J connectivity index is 2.14. The van der Waals surface area contributed by atoms with Gasteiger partial charge in [0.2, 0.25) is 0 Å². The van der Waals surface area contributed by atoms with Gasteiger partial charge in [0.15, 0.2) is 0 Å². The molecule has 1 heterocycles. The van der Waals surface area contributed by atoms with Crippen LogP contribution in [0.4, 0.5) is 0 Å². The van der Waals surface area contributed by atoms with Crippen LogP contribution in [-0.4, -0.2) is 28.5 Å². The Morgan fingerprint density at radius 1 is 1.41 bits per heavy atom. The second-order valence-electron chi connectivity index (χ2n) is 6.30. The molecule has 2 aliphatic rings. The van der Waals surface area contributed by atoms with E-state index in [1.165, 1.54) is 12.8 Å². The molecule has 1 amide bonds. The van der Waals surface area contributed by atoms with E-state index in [4.69, 9.17) is 5.73 Å². The molecule has 0 bridgehead atoms. The molecule has 2 rings (SSSR count). The maximum atomic E-state index is 12.0. The van der Waals surface area contributed by atoms with Crippen molar-refractivity contribution in [2.24, 2.45) is 17.1 Å². The van der Waals surface area contributed by atoms with Gasteiger partial charge in [-0.1, -0.05) is 33.6 Å². The first-order valence-corrected chi connectivity index (χ1v) is 6.32. The molecule has 1 atom stereocenters. The van der Waals surface area contributed by atoms with Crippen molar-refractivity contribution in [2.75, 3.05) is 6.54 Å². The van der Waals surface area contributed by atoms with Gasteiger partial charge in [-0.3, -0.25) is 4.79 Å². The molecule has 1 aliphatic heterocycles. The van der Waals surface area contributed by atoms with Crippen LogP contribution in [0.1, 0.15) is 40.0 Å². The van der Waals surface area contributed by atoms with Gasteiger partial charge in [0, 0.05) is 6.54 Å². The Bertz CT molecular complexity index is 364. The van der Waals surface area contributed by atoms with Crippen LogP contribution >= 0.6 is 0 Å². The Hall–Kier alpha value is -1.19. The zero-order valence-corrected chi connectivity index (χ0v) is 10.9. The first-order chi connectivity index (χ1) is 7.82. The molecule has 0 aromatic heterocycles. The van der Waals surface area contributed by atoms with E-state index >= 15 is 0 Å². The molecule has 1 saturated carbocycles. The lowest BCUT2D eigenvalue weighted by Crippen LogP contribution is -2.44. The first-order valence-electron chi connectivity index (χ1n) is 6.32. The fourth-order valence-corrected chi connectivity index (χ4v) is 2.51. The second kappa shape index (κ2) is 3.93. The molecule has 4 heteroatoms. The standard InChI is InChI=1S/C13H22N2O2/c1-13(2,3)11-10(16)9(14)12(17)15(11)7-6-8-4-5-8/h8,11,16H,4-7,14H2,1-3H3. The Morgan fingerprint density at radius 2 is 2.00 bits per heavy atom. The maximum absolute atomic E-state index is 12.0. The van der Waals surface area contributed by atoms with Gasteiger partial charge in [0.05, 0.1) is 6.04 Å². The van der Waals surface area contributed by atoms with Crippen molar-refractivity contribution < 1.29 is 9.90 Å². The third-order valence-electron chi connectivity index (χ3n) is 3.63. The van der Waals surface area contributed by atoms with Crippen LogP contribution in [0, 0.1) is 11.3 Å². The molecule has 0 spiro atoms. The van der Waals surface area contributed by atoms with E-state index in [1.54, 1.807) is 4.90 Å². The predicted octanol–water partition coefficient (Wildman–Crippen LogP) is 1.77. The molecule has 1 fully saturated rings. The highest BCUT2D eigenvalue weighted by Gasteiger charge is 2.44. The van der Waals surface area contributed by atoms with Gasteiger partial charge in [-0.15, -0.1) is 0 Å². The third-order valence-corrected chi connectivity index (χ3v) is 3.63. The molecular weight excluding hydrogens is 216 g/mol. The molecule has 96 valence electrons. The number of carbonyl (C=O) groups is 1. The number of carbonyl (C=O) groups excluding carboxylic acids is 1. The number of nitrogens with two attached hydrogens (primary N) is 1. The molecular formula is C13H22N2O2. The summed E-state index contributed by atoms with van der Waals surface area (Å²) in [5.74, 6) is 0.619. The number of aliphatic hydroxyl groups excluding tert-OH is 1. The summed E-state index contributed by atoms with van der Waals surface area (Å²) in [6, 6.07) is -0.270. The minimum Gasteiger partial charge on any atom is -0.508 e. The van der Waals surface area contributed by atoms with Crippen molar-refractivity contribution in [1.82, 2.24) is 4.90 Å². The monoisotopic (exact) mass is 238 g/mol. The van der Waals surface area contributed by atoms with Gasteiger partial charge in [-0.25, -0.2) is 0 Å². The number of aliphatic hydroxyl groups is 1. The van der Waals surface area contributed by atoms with E-state index in [2.05, 4.69) is 0 Å². The van der Waals surface area contributed by atoms with Crippen LogP contribution in [-0.2, 0) is 4.79 Å². The maximum Gasteiger partial charge on any atom is 0.273 e. The van der Waals surface area contributed by atoms with Crippen molar-refractivity contribution in [1.29, 1.82) is 0 Å². The van der Waals surface area contributed by atoms with Crippen molar-refractivity contribution in [3.05, 3.63) is 11.5 Å². The average Bonchev–Trinajstić information content (AvgIpc) is 2.99. The van der Waals surface area contributed by atoms with Crippen LogP contribution < -0.4 is 5.73 Å². The molecule has 17 heavy (non-hydrogen) atoms. The number of amides is 1. The first kappa shape index (κ1) is 12.3. The number of hydrogen-bond donors (Lipinski definition) is 2. The second-order valence-corrected chi connectivity index (χ2v) is 6.30. The summed E-state index contributed by atoms with van der Waals surface area (Å²) in [6.07, 6.45) is 3.58. The molecule has 1 unspecified atom stereocenters. The summed E-state index contributed by atoms with van der Waals surface area (Å²) in [5.41, 5.74) is 5.50. The molecule has 4 nitrogen and oxygen atoms in total. The third kappa shape index (κ3) is 2.26. The summed E-state index contributed by atoms with van der Waals surface area (Å²) in [6.45, 7) is 6.76. The normalized spacial score (nSPS) is 25.9. The van der Waals surface area contributed by atoms with Crippen LogP contribution in [0.2, 0.25) is 0 Å². The highest BCUT2D eigenvalue weighted by Crippen LogP contribution is 2.37. The summed E-state index contributed by atoms with van der Waals surface area (Å²) in [5, 5.41) is 10.0. The molecule has 0 saturated heterocycles. The average molecular weight is 238 g/mol. The van der Waals surface area contributed by atoms with Gasteiger partial charge >= 0.3 is 0 Å². The van der Waals surface area contributed by atoms with Crippen molar-refractivity contribution >= 4 is 5.91 Å². The number of nitrogens with zero attached hydrogens (tertiary/aromatic N) is 1. The van der Waals surface area contributed by atoms with Gasteiger partial charge < -0.3 is 15.7 Å². The lowest BCUT2D eigenvalue weighted by Gasteiger charge is -2.35. The van der Waals surface area contributed by atoms with Crippen LogP contribution in [0.15, 0.2) is 11.5 Å². The van der Waals surface area contributed by atoms with Crippen molar-refractivity contribution in [3.63, 3.8) is 0 Å². The highest BCUT2D eigenvalue weighted by molar-refractivity contribution is 5.96. The van der Waals surface area contributed by atoms with Gasteiger partial charge in [-0.2, -0.15) is 0 Å². The van der Waals surface area contributed by atoms with Crippen molar-refractivity contribution in [2.45, 2.75) is 46.1 Å². The summed E-state index contributed by atoms with van der Waals surface area (Å²) in [7, 11) is 0. The Morgan fingerprint density at radius 3 is 2.47 bits per heavy atom. The molecule has 1 aliphatic carbocycles. The number of rotatable bonds is 3. The van der Waals surface area contributed by atoms with Crippen LogP contribution in [0.5, 0.6) is 0 Å². The zero-order valence-electron chi connectivity index (χ0n) is 10.9. The van der Waals surface area contributed by atoms with Crippen LogP contribution in [0.25, 0.3) is 0 Å². The van der Waals surface area contributed by atoms with E-state index in [0.717, 1.165) is 12.3 Å². The van der Waals surface area contributed by atoms with Gasteiger partial charge in [-0.05, 0) is 17.8 Å². The summed E-state index contributed by atoms with van der Waals surface area (Å²) in [4.78, 5) is 13.7. The van der Waals surface area contributed by atoms with Crippen molar-refractivity contribution in [3.8, 4) is 0 Å². The van der Waals surface area contributed by atoms with Gasteiger partial charge in [0.1, 0.15) is 11.5 Å². The van der Waals surface area contributed by atoms with E-state index in [0.29, 0.717) is 6.54 Å². The van der Waals surface area contributed by atoms with E-state index in [-0.39, 0.29) is 28.8 Å². The minimum absolute atomic E-state index is 0.0284. The SMILES string of the molecule is CC(C)(C)C1C(O)=C(N)C(=O)N1CCC1CC1. The van der Waals surface area contributed by atoms with E-state index in [1.807, 2.05) is 20.8 Å². The van der Waals surface area contributed by atoms with E-state index < -0.39 is 0 Å². The van der Waals surface area contributed by atoms with Gasteiger partial charge in [0.25, 0.3) is 5.91 Å². The molecule has 0 radical (unpaired) electrons. The summed E-state index contributed by atoms with van der Waals surface area (Å²) < 4.78 is 0. The van der Waals surface area contributed by atoms with Crippen LogP contribution in [0.3, 0.4) is 0 Å². The molecule has 0 aromatic rings. The lowest BCUT2D eigenvalue weighted by molar-refractivity contribution is -0.129. The topological polar surface area (TPSA) is 66.6 Å². The highest BCUT2D eigenvalue weighted by atomic mass is 16.3. The Kier molecular flexibility index (Phi) is 2.84. The molecule has 3 N–H and O–H groups in total. The zero-order chi connectivity index (χ0) is 12.8. The smallest absolute Gasteiger partial charge is 0.273 e. The van der Waals surface area contributed by atoms with E-state index in [9.17, 15) is 9.90 Å². The Labute approximate surface area is 102 Å². The summed E-state index contributed by atoms with van der Waals surface area (Å²) >= 11 is 0. The lowest BCUT2D eigenvalue weighted by atomic mass is 9.85. The fourth-order valence-electron chi connectivity index (χ4n) is 2.51.